The number of nitrogens with one attached hydrogen (secondary N) is 1. The van der Waals surface area contributed by atoms with Crippen molar-refractivity contribution in [2.24, 2.45) is 0 Å². The Bertz CT molecular complexity index is 904. The third kappa shape index (κ3) is 7.36. The van der Waals surface area contributed by atoms with Crippen LogP contribution in [0.5, 0.6) is 11.5 Å². The monoisotopic (exact) mass is 417 g/mol. The van der Waals surface area contributed by atoms with Crippen LogP contribution in [0, 0.1) is 0 Å². The summed E-state index contributed by atoms with van der Waals surface area (Å²) >= 11 is 0. The predicted molar refractivity (Wildman–Crippen MR) is 130 cm³/mol. The smallest absolute Gasteiger partial charge is 0.121 e. The summed E-state index contributed by atoms with van der Waals surface area (Å²) in [5.74, 6) is 1.81. The van der Waals surface area contributed by atoms with E-state index in [1.54, 1.807) is 0 Å². The van der Waals surface area contributed by atoms with Crippen LogP contribution < -0.4 is 14.8 Å². The van der Waals surface area contributed by atoms with Crippen LogP contribution in [-0.2, 0) is 11.8 Å². The van der Waals surface area contributed by atoms with Gasteiger partial charge in [-0.05, 0) is 60.1 Å². The van der Waals surface area contributed by atoms with Crippen molar-refractivity contribution < 1.29 is 9.47 Å². The fourth-order valence-corrected chi connectivity index (χ4v) is 3.38. The van der Waals surface area contributed by atoms with Crippen molar-refractivity contribution in [3.8, 4) is 11.5 Å². The summed E-state index contributed by atoms with van der Waals surface area (Å²) < 4.78 is 11.8. The van der Waals surface area contributed by atoms with Gasteiger partial charge in [-0.3, -0.25) is 0 Å². The number of hydrogen-bond donors (Lipinski definition) is 1. The molecule has 0 bridgehead atoms. The number of ether oxygens (including phenoxy) is 2. The fourth-order valence-electron chi connectivity index (χ4n) is 3.38. The van der Waals surface area contributed by atoms with Crippen molar-refractivity contribution in [2.75, 3.05) is 25.1 Å². The first kappa shape index (κ1) is 22.7. The Morgan fingerprint density at radius 3 is 2.26 bits per heavy atom. The summed E-state index contributed by atoms with van der Waals surface area (Å²) in [6.07, 6.45) is 3.16. The molecule has 0 saturated heterocycles. The van der Waals surface area contributed by atoms with E-state index in [2.05, 4.69) is 80.7 Å². The molecule has 0 atom stereocenters. The lowest BCUT2D eigenvalue weighted by Gasteiger charge is -2.23. The standard InChI is InChI=1S/C28H35NO2/c1-4-28(2,3)24-15-17-26(18-16-24)31-21-19-29-25-13-8-14-27(22-25)30-20-9-12-23-10-6-5-7-11-23/h5-8,10-11,13-18,22,29H,4,9,12,19-21H2,1-3H3. The second-order valence-corrected chi connectivity index (χ2v) is 8.50. The summed E-state index contributed by atoms with van der Waals surface area (Å²) in [5.41, 5.74) is 3.95. The quantitative estimate of drug-likeness (QED) is 0.326. The lowest BCUT2D eigenvalue weighted by Crippen LogP contribution is -2.15. The highest BCUT2D eigenvalue weighted by Crippen LogP contribution is 2.28. The van der Waals surface area contributed by atoms with Crippen LogP contribution in [0.2, 0.25) is 0 Å². The van der Waals surface area contributed by atoms with E-state index in [9.17, 15) is 0 Å². The van der Waals surface area contributed by atoms with Gasteiger partial charge >= 0.3 is 0 Å². The Hall–Kier alpha value is -2.94. The number of hydrogen-bond acceptors (Lipinski definition) is 3. The second-order valence-electron chi connectivity index (χ2n) is 8.50. The average molecular weight is 418 g/mol. The SMILES string of the molecule is CCC(C)(C)c1ccc(OCCNc2cccc(OCCCc3ccccc3)c2)cc1. The zero-order valence-electron chi connectivity index (χ0n) is 19.1. The number of anilines is 1. The normalized spacial score (nSPS) is 11.2. The molecule has 31 heavy (non-hydrogen) atoms. The van der Waals surface area contributed by atoms with Gasteiger partial charge in [-0.25, -0.2) is 0 Å². The first-order valence-electron chi connectivity index (χ1n) is 11.3. The van der Waals surface area contributed by atoms with E-state index in [0.29, 0.717) is 13.2 Å². The van der Waals surface area contributed by atoms with Crippen LogP contribution in [0.25, 0.3) is 0 Å². The number of benzene rings is 3. The van der Waals surface area contributed by atoms with E-state index in [0.717, 1.165) is 43.0 Å². The molecule has 0 unspecified atom stereocenters. The minimum atomic E-state index is 0.203. The van der Waals surface area contributed by atoms with Crippen molar-refractivity contribution in [1.82, 2.24) is 0 Å². The lowest BCUT2D eigenvalue weighted by atomic mass is 9.82. The summed E-state index contributed by atoms with van der Waals surface area (Å²) in [6.45, 7) is 8.83. The van der Waals surface area contributed by atoms with Gasteiger partial charge in [-0.1, -0.05) is 69.3 Å². The maximum atomic E-state index is 5.92. The van der Waals surface area contributed by atoms with Crippen molar-refractivity contribution >= 4 is 5.69 Å². The van der Waals surface area contributed by atoms with Crippen LogP contribution in [0.4, 0.5) is 5.69 Å². The van der Waals surface area contributed by atoms with Gasteiger partial charge in [0.2, 0.25) is 0 Å². The molecule has 3 rings (SSSR count). The van der Waals surface area contributed by atoms with Gasteiger partial charge in [0.15, 0.2) is 0 Å². The predicted octanol–water partition coefficient (Wildman–Crippen LogP) is 6.88. The van der Waals surface area contributed by atoms with Gasteiger partial charge in [0.05, 0.1) is 6.61 Å². The minimum absolute atomic E-state index is 0.203. The second kappa shape index (κ2) is 11.5. The molecule has 1 N–H and O–H groups in total. The Balaban J connectivity index is 1.37. The van der Waals surface area contributed by atoms with E-state index >= 15 is 0 Å². The van der Waals surface area contributed by atoms with Gasteiger partial charge in [-0.2, -0.15) is 0 Å². The van der Waals surface area contributed by atoms with Crippen LogP contribution in [0.3, 0.4) is 0 Å². The maximum absolute atomic E-state index is 5.92. The van der Waals surface area contributed by atoms with Crippen molar-refractivity contribution in [3.63, 3.8) is 0 Å². The summed E-state index contributed by atoms with van der Waals surface area (Å²) in [5, 5.41) is 3.41. The molecule has 0 spiro atoms. The van der Waals surface area contributed by atoms with E-state index in [1.165, 1.54) is 11.1 Å². The largest absolute Gasteiger partial charge is 0.494 e. The topological polar surface area (TPSA) is 30.5 Å². The third-order valence-electron chi connectivity index (χ3n) is 5.77. The Morgan fingerprint density at radius 2 is 1.52 bits per heavy atom. The molecule has 164 valence electrons. The van der Waals surface area contributed by atoms with E-state index in [4.69, 9.17) is 9.47 Å². The highest BCUT2D eigenvalue weighted by atomic mass is 16.5. The van der Waals surface area contributed by atoms with Crippen LogP contribution >= 0.6 is 0 Å². The zero-order valence-corrected chi connectivity index (χ0v) is 19.1. The molecule has 0 heterocycles. The van der Waals surface area contributed by atoms with Gasteiger partial charge in [0.1, 0.15) is 18.1 Å². The summed E-state index contributed by atoms with van der Waals surface area (Å²) in [4.78, 5) is 0. The molecule has 0 fully saturated rings. The van der Waals surface area contributed by atoms with Crippen molar-refractivity contribution in [3.05, 3.63) is 90.0 Å². The fraction of sp³-hybridized carbons (Fsp3) is 0.357. The molecule has 3 heteroatoms. The zero-order chi connectivity index (χ0) is 21.9. The minimum Gasteiger partial charge on any atom is -0.494 e. The van der Waals surface area contributed by atoms with Crippen molar-refractivity contribution in [2.45, 2.75) is 45.4 Å². The molecule has 3 nitrogen and oxygen atoms in total. The molecule has 0 aliphatic heterocycles. The van der Waals surface area contributed by atoms with Gasteiger partial charge < -0.3 is 14.8 Å². The first-order valence-corrected chi connectivity index (χ1v) is 11.3. The lowest BCUT2D eigenvalue weighted by molar-refractivity contribution is 0.311. The van der Waals surface area contributed by atoms with E-state index in [-0.39, 0.29) is 5.41 Å². The Labute approximate surface area is 187 Å². The third-order valence-corrected chi connectivity index (χ3v) is 5.77. The molecule has 3 aromatic carbocycles. The molecule has 3 aromatic rings. The molecule has 0 radical (unpaired) electrons. The van der Waals surface area contributed by atoms with Gasteiger partial charge in [0.25, 0.3) is 0 Å². The molecule has 0 aromatic heterocycles. The van der Waals surface area contributed by atoms with E-state index in [1.807, 2.05) is 24.3 Å². The molecule has 0 amide bonds. The van der Waals surface area contributed by atoms with Crippen LogP contribution in [-0.4, -0.2) is 19.8 Å². The molecule has 0 aliphatic carbocycles. The van der Waals surface area contributed by atoms with Gasteiger partial charge in [0, 0.05) is 18.3 Å². The molecular formula is C28H35NO2. The summed E-state index contributed by atoms with van der Waals surface area (Å²) in [6, 6.07) is 27.1. The Morgan fingerprint density at radius 1 is 0.774 bits per heavy atom. The molecular weight excluding hydrogens is 382 g/mol. The van der Waals surface area contributed by atoms with Crippen molar-refractivity contribution in [1.29, 1.82) is 0 Å². The first-order chi connectivity index (χ1) is 15.1. The highest BCUT2D eigenvalue weighted by molar-refractivity contribution is 5.48. The molecule has 0 aliphatic rings. The number of rotatable bonds is 12. The maximum Gasteiger partial charge on any atom is 0.121 e. The van der Waals surface area contributed by atoms with E-state index < -0.39 is 0 Å². The Kier molecular flexibility index (Phi) is 8.40. The average Bonchev–Trinajstić information content (AvgIpc) is 2.81. The van der Waals surface area contributed by atoms with Crippen LogP contribution in [0.1, 0.15) is 44.7 Å². The summed E-state index contributed by atoms with van der Waals surface area (Å²) in [7, 11) is 0. The number of aryl methyl sites for hydroxylation is 1. The van der Waals surface area contributed by atoms with Crippen LogP contribution in [0.15, 0.2) is 78.9 Å². The van der Waals surface area contributed by atoms with Gasteiger partial charge in [-0.15, -0.1) is 0 Å². The highest BCUT2D eigenvalue weighted by Gasteiger charge is 2.17. The molecule has 0 saturated carbocycles.